The maximum atomic E-state index is 12.4. The number of halogens is 4. The first-order chi connectivity index (χ1) is 61.8. The molecule has 692 valence electrons. The summed E-state index contributed by atoms with van der Waals surface area (Å²) in [5.41, 5.74) is 25.2. The van der Waals surface area contributed by atoms with Gasteiger partial charge in [-0.1, -0.05) is 120 Å². The number of benzene rings is 4. The molecule has 41 heteroatoms. The quantitative estimate of drug-likeness (QED) is 0.0285. The molecule has 12 heterocycles. The minimum absolute atomic E-state index is 0.0660. The second-order valence-corrected chi connectivity index (χ2v) is 36.6. The SMILES string of the molecule is BrBr.CC(=O)O.CC(C)(C)O.Cc1ccc(S(=O)(=O)NC(=O)CCCc2ccc(-c3c(-c4ccon4)nc4c(C)nc(C)cn34)cc2)cc1.Cc1ccc(S(=O)(=O)NC(=O)CCCc2ccc(B3OC(C)(C)C(C)(C)O3)cc2)cc1.Cc1cn2c(Br)c(-c3ccon3)nc2c(C)n1.Cc1cn2cc(-c3ccon3)nc2c(C)n1.Cc1cnc(N)c(C)n1.O=C(CBr)c1ccon1. The summed E-state index contributed by atoms with van der Waals surface area (Å²) in [6.07, 6.45) is 17.9. The Labute approximate surface area is 791 Å². The van der Waals surface area contributed by atoms with Gasteiger partial charge in [-0.3, -0.25) is 47.9 Å². The van der Waals surface area contributed by atoms with Crippen molar-refractivity contribution in [2.45, 2.75) is 190 Å². The monoisotopic (exact) mass is 2080 g/mol. The molecule has 0 bridgehead atoms. The van der Waals surface area contributed by atoms with Crippen molar-refractivity contribution >= 4 is 139 Å². The number of alkyl halides is 1. The van der Waals surface area contributed by atoms with E-state index in [9.17, 15) is 31.2 Å². The molecule has 1 saturated heterocycles. The number of amides is 2. The predicted molar refractivity (Wildman–Crippen MR) is 512 cm³/mol. The molecule has 0 unspecified atom stereocenters. The number of nitrogens with zero attached hydrogens (tertiary/aromatic N) is 15. The average Bonchev–Trinajstić information content (AvgIpc) is 1.61. The lowest BCUT2D eigenvalue weighted by Gasteiger charge is -2.32. The molecule has 11 aromatic heterocycles. The topological polar surface area (TPSA) is 466 Å². The number of carbonyl (C=O) groups excluding carboxylic acids is 3. The van der Waals surface area contributed by atoms with E-state index in [-0.39, 0.29) is 39.6 Å². The highest BCUT2D eigenvalue weighted by atomic mass is 80.9. The number of hydrogen-bond donors (Lipinski definition) is 5. The molecule has 0 radical (unpaired) electrons. The number of aliphatic carboxylic acids is 1. The second-order valence-electron chi connectivity index (χ2n) is 31.9. The zero-order valence-electron chi connectivity index (χ0n) is 75.5. The van der Waals surface area contributed by atoms with Crippen molar-refractivity contribution in [3.05, 3.63) is 255 Å². The van der Waals surface area contributed by atoms with Crippen molar-refractivity contribution in [3.8, 4) is 45.4 Å². The van der Waals surface area contributed by atoms with Crippen LogP contribution < -0.4 is 20.6 Å². The van der Waals surface area contributed by atoms with Crippen LogP contribution in [0.15, 0.2) is 210 Å². The van der Waals surface area contributed by atoms with Gasteiger partial charge in [0, 0.05) is 103 Å². The fraction of sp³-hybridized carbons (Fsp3) is 0.311. The minimum atomic E-state index is -3.87. The molecule has 6 N–H and O–H groups in total. The van der Waals surface area contributed by atoms with Crippen LogP contribution in [0.5, 0.6) is 0 Å². The Morgan fingerprint density at radius 2 is 0.908 bits per heavy atom. The Morgan fingerprint density at radius 1 is 0.504 bits per heavy atom. The average molecular weight is 2090 g/mol. The van der Waals surface area contributed by atoms with Gasteiger partial charge in [0.2, 0.25) is 11.8 Å². The number of carbonyl (C=O) groups is 4. The van der Waals surface area contributed by atoms with Crippen molar-refractivity contribution in [2.24, 2.45) is 0 Å². The van der Waals surface area contributed by atoms with Gasteiger partial charge in [0.25, 0.3) is 26.0 Å². The van der Waals surface area contributed by atoms with Gasteiger partial charge in [-0.15, -0.1) is 0 Å². The van der Waals surface area contributed by atoms with E-state index in [2.05, 4.69) is 130 Å². The molecule has 16 rings (SSSR count). The molecule has 1 fully saturated rings. The molecule has 34 nitrogen and oxygen atoms in total. The predicted octanol–water partition coefficient (Wildman–Crippen LogP) is 17.2. The number of imidazole rings is 3. The van der Waals surface area contributed by atoms with Crippen molar-refractivity contribution in [1.29, 1.82) is 0 Å². The van der Waals surface area contributed by atoms with Crippen molar-refractivity contribution in [3.63, 3.8) is 0 Å². The number of carboxylic acid groups (broad SMARTS) is 1. The highest BCUT2D eigenvalue weighted by Crippen LogP contribution is 2.38. The van der Waals surface area contributed by atoms with Crippen LogP contribution in [0.1, 0.15) is 159 Å². The number of fused-ring (bicyclic) bond motifs is 3. The van der Waals surface area contributed by atoms with Gasteiger partial charge < -0.3 is 47.7 Å². The summed E-state index contributed by atoms with van der Waals surface area (Å²) < 4.78 is 91.8. The van der Waals surface area contributed by atoms with Gasteiger partial charge in [-0.25, -0.2) is 46.2 Å². The maximum absolute atomic E-state index is 12.4. The second kappa shape index (κ2) is 47.4. The summed E-state index contributed by atoms with van der Waals surface area (Å²) in [6, 6.07) is 35.6. The molecule has 1 aliphatic rings. The Kier molecular flexibility index (Phi) is 37.9. The van der Waals surface area contributed by atoms with Gasteiger partial charge >= 0.3 is 7.12 Å². The maximum Gasteiger partial charge on any atom is 0.494 e. The van der Waals surface area contributed by atoms with Crippen LogP contribution in [-0.4, -0.2) is 154 Å². The Hall–Kier alpha value is -11.7. The summed E-state index contributed by atoms with van der Waals surface area (Å²) in [7, 11) is -8.11. The van der Waals surface area contributed by atoms with Crippen LogP contribution in [0.25, 0.3) is 62.4 Å². The number of rotatable bonds is 19. The van der Waals surface area contributed by atoms with E-state index < -0.39 is 50.5 Å². The fourth-order valence-electron chi connectivity index (χ4n) is 12.3. The van der Waals surface area contributed by atoms with Crippen molar-refractivity contribution in [1.82, 2.24) is 83.1 Å². The van der Waals surface area contributed by atoms with E-state index in [4.69, 9.17) is 48.6 Å². The molecule has 0 saturated carbocycles. The molecule has 15 aromatic rings. The molecule has 2 amide bonds. The number of hydrogen-bond acceptors (Lipinski definition) is 28. The van der Waals surface area contributed by atoms with Gasteiger partial charge in [-0.2, -0.15) is 0 Å². The number of nitrogen functional groups attached to an aromatic ring is 1. The number of ketones is 1. The molecule has 1 aliphatic heterocycles. The lowest BCUT2D eigenvalue weighted by atomic mass is 9.78. The third-order valence-corrected chi connectivity index (χ3v) is 23.1. The number of sulfonamides is 2. The summed E-state index contributed by atoms with van der Waals surface area (Å²) in [6.45, 7) is 33.5. The highest BCUT2D eigenvalue weighted by Gasteiger charge is 2.51. The van der Waals surface area contributed by atoms with E-state index in [1.807, 2.05) is 183 Å². The molecule has 0 aliphatic carbocycles. The Balaban J connectivity index is 0.000000202. The van der Waals surface area contributed by atoms with E-state index >= 15 is 0 Å². The van der Waals surface area contributed by atoms with Crippen LogP contribution in [0, 0.1) is 69.2 Å². The summed E-state index contributed by atoms with van der Waals surface area (Å²) in [4.78, 5) is 79.4. The van der Waals surface area contributed by atoms with E-state index in [0.717, 1.165) is 130 Å². The molecular formula is C90H103BBr4N18O16S2. The van der Waals surface area contributed by atoms with E-state index in [0.29, 0.717) is 59.6 Å². The Bertz CT molecular complexity index is 6520. The minimum Gasteiger partial charge on any atom is -0.481 e. The van der Waals surface area contributed by atoms with Crippen molar-refractivity contribution in [2.75, 3.05) is 11.1 Å². The first-order valence-corrected chi connectivity index (χ1v) is 49.2. The van der Waals surface area contributed by atoms with Crippen molar-refractivity contribution < 1.29 is 73.6 Å². The zero-order valence-corrected chi connectivity index (χ0v) is 83.5. The number of nitrogens with two attached hydrogens (primary N) is 1. The highest BCUT2D eigenvalue weighted by molar-refractivity contribution is 9.93. The van der Waals surface area contributed by atoms with Gasteiger partial charge in [-0.05, 0) is 200 Å². The summed E-state index contributed by atoms with van der Waals surface area (Å²) >= 11 is 12.0. The van der Waals surface area contributed by atoms with Crippen LogP contribution in [0.4, 0.5) is 5.82 Å². The van der Waals surface area contributed by atoms with E-state index in [1.54, 1.807) is 69.4 Å². The largest absolute Gasteiger partial charge is 0.494 e. The third kappa shape index (κ3) is 30.7. The first kappa shape index (κ1) is 105. The smallest absolute Gasteiger partial charge is 0.481 e. The van der Waals surface area contributed by atoms with Gasteiger partial charge in [0.15, 0.2) is 22.7 Å². The zero-order chi connectivity index (χ0) is 96.5. The number of nitrogens with one attached hydrogen (secondary N) is 2. The van der Waals surface area contributed by atoms with Gasteiger partial charge in [0.1, 0.15) is 75.3 Å². The number of anilines is 1. The Morgan fingerprint density at radius 3 is 1.34 bits per heavy atom. The molecule has 131 heavy (non-hydrogen) atoms. The first-order valence-electron chi connectivity index (χ1n) is 40.6. The lowest BCUT2D eigenvalue weighted by Crippen LogP contribution is -2.41. The number of aliphatic hydroxyl groups is 1. The number of Topliss-reactive ketones (excluding diaryl/α,β-unsaturated/α-hetero) is 1. The summed E-state index contributed by atoms with van der Waals surface area (Å²) in [5, 5.41) is 31.5. The lowest BCUT2D eigenvalue weighted by molar-refractivity contribution is -0.134. The number of carboxylic acids is 1. The van der Waals surface area contributed by atoms with Crippen LogP contribution in [-0.2, 0) is 56.6 Å². The van der Waals surface area contributed by atoms with Crippen LogP contribution in [0.2, 0.25) is 0 Å². The normalized spacial score (nSPS) is 12.3. The molecule has 4 aromatic carbocycles. The standard InChI is InChI=1S/C28H27N5O4S.C23H30BNO5S.C11H9BrN4O.C11H10N4O.C6H9N3.C5H4BrNO2.C4H10O.C2H4O2.Br2/c1-18-7-13-23(14-8-18)38(35,36)32-25(34)6-4-5-21-9-11-22(12-10-21)27-26(24-15-16-37-31-24)30-28-20(3)29-19(2)17-33(27)28;1-17-9-15-20(16-10-17)31(27,28)25-21(26)8-6-7-18-11-13-19(14-12-18)24-29-22(2,3)23(4,5)30-24;1-6-5-16-10(12)9(8-3-4-17-15-8)14-11(16)7(2)13-6;1-7-5-15-6-10(9-3-4-16-14-9)13-11(15)8(2)12-7;1-4-3-8-6(7)5(2)9-4;6-3-5(8)4-1-2-9-7-4;1-4(2,3)5;1-2(3)4;1-2/h7-17H,4-6H2,1-3H3,(H,32,34);9-16H,6-8H2,1-5H3,(H,25,26);3-5H,1-2H3;3-6H,1-2H3;3H,1-2H3,(H2,7,8);1-2H,3H2;5H,1-3H3;1H3,(H,3,4);. The summed E-state index contributed by atoms with van der Waals surface area (Å²) in [5.74, 6) is -1.41. The molecule has 0 spiro atoms. The number of aryl methyl sites for hydroxylation is 12. The van der Waals surface area contributed by atoms with Crippen LogP contribution in [0.3, 0.4) is 0 Å². The van der Waals surface area contributed by atoms with Gasteiger partial charge in [0.05, 0.1) is 89.4 Å². The fourth-order valence-corrected chi connectivity index (χ4v) is 15.1. The van der Waals surface area contributed by atoms with E-state index in [1.165, 1.54) is 55.4 Å². The molecule has 0 atom stereocenters. The third-order valence-electron chi connectivity index (χ3n) is 19.1. The molecular weight excluding hydrogens is 1980 g/mol. The number of aromatic nitrogens is 15. The van der Waals surface area contributed by atoms with Crippen LogP contribution >= 0.6 is 60.1 Å².